The van der Waals surface area contributed by atoms with Crippen molar-refractivity contribution in [3.8, 4) is 0 Å². The largest absolute Gasteiger partial charge is 0.393 e. The highest BCUT2D eigenvalue weighted by Crippen LogP contribution is 2.35. The molecule has 1 N–H and O–H groups in total. The van der Waals surface area contributed by atoms with Crippen molar-refractivity contribution in [3.63, 3.8) is 0 Å². The number of hydrogen-bond acceptors (Lipinski definition) is 1. The van der Waals surface area contributed by atoms with Gasteiger partial charge in [-0.3, -0.25) is 0 Å². The number of rotatable bonds is 1. The van der Waals surface area contributed by atoms with Crippen LogP contribution in [0.5, 0.6) is 0 Å². The quantitative estimate of drug-likeness (QED) is 0.651. The lowest BCUT2D eigenvalue weighted by molar-refractivity contribution is -0.0246. The van der Waals surface area contributed by atoms with Gasteiger partial charge in [0.1, 0.15) is 12.3 Å². The Hall–Kier alpha value is -0.180. The van der Waals surface area contributed by atoms with Gasteiger partial charge < -0.3 is 5.11 Å². The molecule has 3 heteroatoms. The first-order valence-corrected chi connectivity index (χ1v) is 4.50. The molecule has 0 saturated heterocycles. The molecule has 0 aliphatic heterocycles. The van der Waals surface area contributed by atoms with Gasteiger partial charge in [-0.05, 0) is 25.7 Å². The third-order valence-electron chi connectivity index (χ3n) is 2.83. The molecule has 1 aliphatic carbocycles. The van der Waals surface area contributed by atoms with Gasteiger partial charge in [0.15, 0.2) is 0 Å². The molecule has 0 aromatic rings. The van der Waals surface area contributed by atoms with E-state index in [0.29, 0.717) is 12.8 Å². The van der Waals surface area contributed by atoms with Crippen molar-refractivity contribution >= 4 is 0 Å². The molecule has 1 aliphatic rings. The highest BCUT2D eigenvalue weighted by molar-refractivity contribution is 4.88. The molecule has 0 radical (unpaired) electrons. The van der Waals surface area contributed by atoms with Crippen molar-refractivity contribution in [2.45, 2.75) is 45.1 Å². The minimum atomic E-state index is -1.48. The lowest BCUT2D eigenvalue weighted by Gasteiger charge is -2.34. The molecule has 0 aromatic heterocycles. The predicted octanol–water partition coefficient (Wildman–Crippen LogP) is 2.09. The molecule has 0 heterocycles. The fourth-order valence-electron chi connectivity index (χ4n) is 1.83. The van der Waals surface area contributed by atoms with Crippen LogP contribution in [0, 0.1) is 11.8 Å². The van der Waals surface area contributed by atoms with Crippen molar-refractivity contribution in [1.29, 1.82) is 0 Å². The monoisotopic (exact) mass is 178 g/mol. The smallest absolute Gasteiger partial charge is 0.137 e. The molecule has 0 spiro atoms. The van der Waals surface area contributed by atoms with E-state index < -0.39 is 24.4 Å². The van der Waals surface area contributed by atoms with E-state index in [4.69, 9.17) is 5.11 Å². The van der Waals surface area contributed by atoms with E-state index in [1.165, 1.54) is 6.92 Å². The number of halogens is 2. The molecule has 1 rings (SSSR count). The molecular weight excluding hydrogens is 162 g/mol. The van der Waals surface area contributed by atoms with Crippen molar-refractivity contribution in [3.05, 3.63) is 0 Å². The number of aliphatic hydroxyl groups excluding tert-OH is 1. The van der Waals surface area contributed by atoms with Gasteiger partial charge in [0.25, 0.3) is 0 Å². The number of alkyl halides is 2. The van der Waals surface area contributed by atoms with Crippen LogP contribution in [0.1, 0.15) is 26.7 Å². The second-order valence-corrected chi connectivity index (χ2v) is 3.85. The second-order valence-electron chi connectivity index (χ2n) is 3.85. The summed E-state index contributed by atoms with van der Waals surface area (Å²) in [5.41, 5.74) is 0. The van der Waals surface area contributed by atoms with Gasteiger partial charge in [-0.2, -0.15) is 0 Å². The minimum absolute atomic E-state index is 0.199. The summed E-state index contributed by atoms with van der Waals surface area (Å²) in [6.07, 6.45) is -2.32. The first-order chi connectivity index (χ1) is 5.54. The molecular formula is C9H16F2O. The van der Waals surface area contributed by atoms with Gasteiger partial charge in [0.2, 0.25) is 0 Å². The van der Waals surface area contributed by atoms with Crippen LogP contribution >= 0.6 is 0 Å². The first kappa shape index (κ1) is 9.90. The van der Waals surface area contributed by atoms with Gasteiger partial charge in [-0.25, -0.2) is 8.78 Å². The van der Waals surface area contributed by atoms with E-state index in [2.05, 4.69) is 0 Å². The summed E-state index contributed by atoms with van der Waals surface area (Å²) in [4.78, 5) is 0. The maximum absolute atomic E-state index is 13.2. The van der Waals surface area contributed by atoms with Gasteiger partial charge in [-0.15, -0.1) is 0 Å². The maximum Gasteiger partial charge on any atom is 0.137 e. The van der Waals surface area contributed by atoms with Crippen LogP contribution in [-0.4, -0.2) is 23.6 Å². The summed E-state index contributed by atoms with van der Waals surface area (Å²) in [6.45, 7) is 3.25. The number of aliphatic hydroxyl groups is 1. The Labute approximate surface area is 71.8 Å². The van der Waals surface area contributed by atoms with E-state index in [0.717, 1.165) is 0 Å². The fraction of sp³-hybridized carbons (Fsp3) is 1.00. The Kier molecular flexibility index (Phi) is 3.04. The Morgan fingerprint density at radius 2 is 1.83 bits per heavy atom. The lowest BCUT2D eigenvalue weighted by atomic mass is 9.78. The van der Waals surface area contributed by atoms with Gasteiger partial charge in [0, 0.05) is 5.92 Å². The summed E-state index contributed by atoms with van der Waals surface area (Å²) in [5.74, 6) is -0.703. The third kappa shape index (κ3) is 1.76. The third-order valence-corrected chi connectivity index (χ3v) is 2.83. The van der Waals surface area contributed by atoms with Crippen LogP contribution in [0.25, 0.3) is 0 Å². The fourth-order valence-corrected chi connectivity index (χ4v) is 1.83. The molecule has 0 amide bonds. The van der Waals surface area contributed by atoms with Crippen molar-refractivity contribution in [2.24, 2.45) is 11.8 Å². The van der Waals surface area contributed by atoms with Gasteiger partial charge in [-0.1, -0.05) is 6.92 Å². The Bertz CT molecular complexity index is 149. The van der Waals surface area contributed by atoms with E-state index in [1.807, 2.05) is 0 Å². The lowest BCUT2D eigenvalue weighted by Crippen LogP contribution is -2.41. The average Bonchev–Trinajstić information content (AvgIpc) is 2.00. The molecule has 0 aromatic carbocycles. The van der Waals surface area contributed by atoms with Crippen molar-refractivity contribution in [2.75, 3.05) is 0 Å². The zero-order valence-corrected chi connectivity index (χ0v) is 7.50. The van der Waals surface area contributed by atoms with Crippen LogP contribution in [-0.2, 0) is 0 Å². The standard InChI is InChI=1S/C9H16F2O/c1-5-3-4-7(6(2)12)9(11)8(5)10/h5-9,12H,3-4H2,1-2H3. The topological polar surface area (TPSA) is 20.2 Å². The first-order valence-electron chi connectivity index (χ1n) is 4.50. The van der Waals surface area contributed by atoms with Crippen LogP contribution in [0.4, 0.5) is 8.78 Å². The van der Waals surface area contributed by atoms with Gasteiger partial charge >= 0.3 is 0 Å². The molecule has 1 saturated carbocycles. The molecule has 12 heavy (non-hydrogen) atoms. The Balaban J connectivity index is 2.58. The SMILES string of the molecule is CC(O)C1CCC(C)C(F)C1F. The molecule has 72 valence electrons. The zero-order chi connectivity index (χ0) is 9.30. The van der Waals surface area contributed by atoms with E-state index in [1.54, 1.807) is 6.92 Å². The van der Waals surface area contributed by atoms with E-state index in [9.17, 15) is 8.78 Å². The van der Waals surface area contributed by atoms with E-state index in [-0.39, 0.29) is 5.92 Å². The molecule has 1 nitrogen and oxygen atoms in total. The molecule has 5 unspecified atom stereocenters. The molecule has 0 bridgehead atoms. The van der Waals surface area contributed by atoms with Gasteiger partial charge in [0.05, 0.1) is 6.10 Å². The van der Waals surface area contributed by atoms with Crippen LogP contribution in [0.3, 0.4) is 0 Å². The normalized spacial score (nSPS) is 45.8. The van der Waals surface area contributed by atoms with E-state index >= 15 is 0 Å². The maximum atomic E-state index is 13.2. The van der Waals surface area contributed by atoms with Crippen LogP contribution in [0.2, 0.25) is 0 Å². The average molecular weight is 178 g/mol. The predicted molar refractivity (Wildman–Crippen MR) is 43.4 cm³/mol. The summed E-state index contributed by atoms with van der Waals surface area (Å²) < 4.78 is 26.3. The Morgan fingerprint density at radius 1 is 1.25 bits per heavy atom. The van der Waals surface area contributed by atoms with Crippen LogP contribution in [0.15, 0.2) is 0 Å². The summed E-state index contributed by atoms with van der Waals surface area (Å²) in [5, 5.41) is 9.14. The zero-order valence-electron chi connectivity index (χ0n) is 7.50. The molecule has 1 fully saturated rings. The van der Waals surface area contributed by atoms with Crippen molar-refractivity contribution in [1.82, 2.24) is 0 Å². The van der Waals surface area contributed by atoms with Crippen molar-refractivity contribution < 1.29 is 13.9 Å². The van der Waals surface area contributed by atoms with Crippen LogP contribution < -0.4 is 0 Å². The highest BCUT2D eigenvalue weighted by Gasteiger charge is 2.39. The molecule has 5 atom stereocenters. The Morgan fingerprint density at radius 3 is 2.33 bits per heavy atom. The minimum Gasteiger partial charge on any atom is -0.393 e. The second kappa shape index (κ2) is 3.69. The summed E-state index contributed by atoms with van der Waals surface area (Å²) in [7, 11) is 0. The summed E-state index contributed by atoms with van der Waals surface area (Å²) >= 11 is 0. The highest BCUT2D eigenvalue weighted by atomic mass is 19.2. The number of hydrogen-bond donors (Lipinski definition) is 1. The summed E-state index contributed by atoms with van der Waals surface area (Å²) in [6, 6.07) is 0.